The quantitative estimate of drug-likeness (QED) is 0.185. The van der Waals surface area contributed by atoms with Gasteiger partial charge in [0.25, 0.3) is 0 Å². The van der Waals surface area contributed by atoms with E-state index >= 15 is 0 Å². The molecule has 0 aliphatic rings. The summed E-state index contributed by atoms with van der Waals surface area (Å²) >= 11 is 0. The highest BCUT2D eigenvalue weighted by Gasteiger charge is 2.16. The second-order valence-corrected chi connectivity index (χ2v) is 8.19. The van der Waals surface area contributed by atoms with Gasteiger partial charge in [-0.25, -0.2) is 0 Å². The monoisotopic (exact) mass is 408 g/mol. The van der Waals surface area contributed by atoms with Crippen molar-refractivity contribution in [2.75, 3.05) is 0 Å². The minimum Gasteiger partial charge on any atom is -0.489 e. The number of hydrogen-bond donors (Lipinski definition) is 2. The van der Waals surface area contributed by atoms with Crippen molar-refractivity contribution in [1.29, 1.82) is 5.41 Å². The maximum Gasteiger partial charge on any atom is 0.124 e. The van der Waals surface area contributed by atoms with E-state index in [0.717, 1.165) is 41.9 Å². The maximum absolute atomic E-state index is 7.50. The average molecular weight is 409 g/mol. The molecule has 0 unspecified atom stereocenters. The number of unbranched alkanes of at least 4 members (excludes halogenated alkanes) is 2. The normalized spacial score (nSPS) is 11.6. The lowest BCUT2D eigenvalue weighted by Crippen LogP contribution is -2.25. The van der Waals surface area contributed by atoms with Gasteiger partial charge in [-0.3, -0.25) is 5.41 Å². The summed E-state index contributed by atoms with van der Waals surface area (Å²) in [7, 11) is 0. The van der Waals surface area contributed by atoms with E-state index in [9.17, 15) is 0 Å². The molecule has 4 nitrogen and oxygen atoms in total. The Morgan fingerprint density at radius 2 is 1.70 bits per heavy atom. The van der Waals surface area contributed by atoms with Crippen LogP contribution in [-0.2, 0) is 13.0 Å². The number of hydrogen-bond acceptors (Lipinski definition) is 3. The molecule has 2 aromatic rings. The molecule has 0 fully saturated rings. The molecular formula is C26H36N2O2. The molecule has 0 aliphatic heterocycles. The first-order chi connectivity index (χ1) is 14.3. The Kier molecular flexibility index (Phi) is 8.97. The topological polar surface area (TPSA) is 68.3 Å². The van der Waals surface area contributed by atoms with Gasteiger partial charge in [0, 0.05) is 11.6 Å². The zero-order chi connectivity index (χ0) is 22.0. The molecule has 30 heavy (non-hydrogen) atoms. The minimum atomic E-state index is -0.377. The molecule has 0 atom stereocenters. The summed E-state index contributed by atoms with van der Waals surface area (Å²) in [6.45, 7) is 8.93. The van der Waals surface area contributed by atoms with Crippen molar-refractivity contribution in [1.82, 2.24) is 0 Å². The Balaban J connectivity index is 2.16. The van der Waals surface area contributed by atoms with Crippen LogP contribution in [-0.4, -0.2) is 11.4 Å². The fraction of sp³-hybridized carbons (Fsp3) is 0.423. The molecule has 162 valence electrons. The van der Waals surface area contributed by atoms with Gasteiger partial charge < -0.3 is 15.2 Å². The van der Waals surface area contributed by atoms with E-state index in [1.54, 1.807) is 0 Å². The molecule has 4 heteroatoms. The maximum atomic E-state index is 7.50. The van der Waals surface area contributed by atoms with E-state index in [1.807, 2.05) is 30.3 Å². The van der Waals surface area contributed by atoms with Gasteiger partial charge in [0.15, 0.2) is 0 Å². The molecule has 0 spiro atoms. The molecule has 0 aliphatic carbocycles. The van der Waals surface area contributed by atoms with Gasteiger partial charge in [-0.1, -0.05) is 57.0 Å². The number of ether oxygens (including phenoxy) is 2. The number of nitrogen functional groups attached to an aromatic ring is 1. The van der Waals surface area contributed by atoms with Crippen molar-refractivity contribution in [2.24, 2.45) is 5.73 Å². The Morgan fingerprint density at radius 1 is 1.00 bits per heavy atom. The molecule has 0 bridgehead atoms. The zero-order valence-electron chi connectivity index (χ0n) is 18.8. The highest BCUT2D eigenvalue weighted by molar-refractivity contribution is 5.94. The number of benzene rings is 2. The summed E-state index contributed by atoms with van der Waals surface area (Å²) in [5, 5.41) is 7.50. The summed E-state index contributed by atoms with van der Waals surface area (Å²) in [6.07, 6.45) is 9.81. The van der Waals surface area contributed by atoms with E-state index in [0.29, 0.717) is 6.61 Å². The van der Waals surface area contributed by atoms with E-state index < -0.39 is 0 Å². The van der Waals surface area contributed by atoms with Crippen LogP contribution in [0.2, 0.25) is 0 Å². The minimum absolute atomic E-state index is 0.0729. The van der Waals surface area contributed by atoms with Crippen LogP contribution < -0.4 is 15.2 Å². The largest absolute Gasteiger partial charge is 0.489 e. The van der Waals surface area contributed by atoms with Crippen LogP contribution in [0.1, 0.15) is 70.1 Å². The first kappa shape index (κ1) is 23.5. The average Bonchev–Trinajstić information content (AvgIpc) is 2.71. The van der Waals surface area contributed by atoms with Gasteiger partial charge in [0.1, 0.15) is 29.5 Å². The van der Waals surface area contributed by atoms with Crippen LogP contribution in [0.25, 0.3) is 0 Å². The molecular weight excluding hydrogens is 372 g/mol. The number of nitrogens with two attached hydrogens (primary N) is 1. The zero-order valence-corrected chi connectivity index (χ0v) is 18.8. The summed E-state index contributed by atoms with van der Waals surface area (Å²) in [6, 6.07) is 13.8. The van der Waals surface area contributed by atoms with Gasteiger partial charge in [-0.15, -0.1) is 0 Å². The van der Waals surface area contributed by atoms with Gasteiger partial charge in [0.05, 0.1) is 0 Å². The van der Waals surface area contributed by atoms with E-state index in [2.05, 4.69) is 52.0 Å². The molecule has 3 N–H and O–H groups in total. The van der Waals surface area contributed by atoms with Crippen molar-refractivity contribution in [2.45, 2.75) is 72.0 Å². The smallest absolute Gasteiger partial charge is 0.124 e. The summed E-state index contributed by atoms with van der Waals surface area (Å²) in [4.78, 5) is 0. The third kappa shape index (κ3) is 7.94. The Morgan fingerprint density at radius 3 is 2.33 bits per heavy atom. The van der Waals surface area contributed by atoms with E-state index in [4.69, 9.17) is 20.6 Å². The predicted octanol–water partition coefficient (Wildman–Crippen LogP) is 6.41. The standard InChI is InChI=1S/C26H36N2O2/c1-5-7-9-10-21-16-23(18-24(17-21)30-26(3,4)15-8-6-2)29-19-20-11-13-22(14-12-20)25(27)28/h8,11-18H,5-7,9-10,19H2,1-4H3,(H3,27,28)/b15-8-. The van der Waals surface area contributed by atoms with Crippen LogP contribution in [0.5, 0.6) is 11.5 Å². The highest BCUT2D eigenvalue weighted by atomic mass is 16.5. The third-order valence-corrected chi connectivity index (χ3v) is 4.82. The molecule has 0 saturated heterocycles. The van der Waals surface area contributed by atoms with Crippen LogP contribution in [0.15, 0.2) is 54.6 Å². The Bertz CT molecular complexity index is 839. The lowest BCUT2D eigenvalue weighted by Gasteiger charge is -2.24. The van der Waals surface area contributed by atoms with Crippen molar-refractivity contribution >= 4 is 5.84 Å². The molecule has 2 rings (SSSR count). The fourth-order valence-corrected chi connectivity index (χ4v) is 3.18. The van der Waals surface area contributed by atoms with Crippen molar-refractivity contribution < 1.29 is 9.47 Å². The highest BCUT2D eigenvalue weighted by Crippen LogP contribution is 2.28. The summed E-state index contributed by atoms with van der Waals surface area (Å²) in [5.74, 6) is 1.71. The molecule has 0 amide bonds. The first-order valence-electron chi connectivity index (χ1n) is 10.9. The number of rotatable bonds is 12. The first-order valence-corrected chi connectivity index (χ1v) is 10.9. The van der Waals surface area contributed by atoms with Crippen LogP contribution in [0.4, 0.5) is 0 Å². The predicted molar refractivity (Wildman–Crippen MR) is 126 cm³/mol. The Labute approximate surface area is 181 Å². The molecule has 0 radical (unpaired) electrons. The van der Waals surface area contributed by atoms with E-state index in [1.165, 1.54) is 18.4 Å². The molecule has 0 saturated carbocycles. The SMILES string of the molecule is CC/C=C\C(C)(C)Oc1cc(CCCCC)cc(OCc2ccc(C(=N)N)cc2)c1. The number of allylic oxidation sites excluding steroid dienone is 1. The van der Waals surface area contributed by atoms with Crippen molar-refractivity contribution in [3.63, 3.8) is 0 Å². The van der Waals surface area contributed by atoms with Crippen molar-refractivity contribution in [3.8, 4) is 11.5 Å². The van der Waals surface area contributed by atoms with Crippen LogP contribution in [0, 0.1) is 5.41 Å². The number of nitrogens with one attached hydrogen (secondary N) is 1. The summed E-state index contributed by atoms with van der Waals surface area (Å²) in [5.41, 5.74) is 8.13. The van der Waals surface area contributed by atoms with Crippen molar-refractivity contribution in [3.05, 3.63) is 71.3 Å². The lowest BCUT2D eigenvalue weighted by molar-refractivity contribution is 0.160. The molecule has 2 aromatic carbocycles. The number of aryl methyl sites for hydroxylation is 1. The summed E-state index contributed by atoms with van der Waals surface area (Å²) < 4.78 is 12.4. The van der Waals surface area contributed by atoms with Gasteiger partial charge in [-0.2, -0.15) is 0 Å². The second-order valence-electron chi connectivity index (χ2n) is 8.19. The molecule has 0 heterocycles. The van der Waals surface area contributed by atoms with Gasteiger partial charge in [-0.05, 0) is 62.4 Å². The second kappa shape index (κ2) is 11.4. The van der Waals surface area contributed by atoms with Crippen LogP contribution >= 0.6 is 0 Å². The fourth-order valence-electron chi connectivity index (χ4n) is 3.18. The van der Waals surface area contributed by atoms with Gasteiger partial charge >= 0.3 is 0 Å². The van der Waals surface area contributed by atoms with Crippen LogP contribution in [0.3, 0.4) is 0 Å². The molecule has 0 aromatic heterocycles. The van der Waals surface area contributed by atoms with Gasteiger partial charge in [0.2, 0.25) is 0 Å². The third-order valence-electron chi connectivity index (χ3n) is 4.82. The Hall–Kier alpha value is -2.75. The number of amidine groups is 1. The van der Waals surface area contributed by atoms with E-state index in [-0.39, 0.29) is 11.4 Å². The lowest BCUT2D eigenvalue weighted by atomic mass is 10.1.